The van der Waals surface area contributed by atoms with E-state index in [1.54, 1.807) is 0 Å². The number of nitrogens with zero attached hydrogens (tertiary/aromatic N) is 1. The van der Waals surface area contributed by atoms with Gasteiger partial charge in [0.15, 0.2) is 0 Å². The molecule has 10 aromatic rings. The molecule has 0 saturated heterocycles. The maximum absolute atomic E-state index is 2.65. The molecular weight excluding hydrogens is 1290 g/mol. The Bertz CT molecular complexity index is 4210. The fourth-order valence-electron chi connectivity index (χ4n) is 16.7. The minimum absolute atomic E-state index is 0.0554. The summed E-state index contributed by atoms with van der Waals surface area (Å²) in [6.07, 6.45) is 15.2. The lowest BCUT2D eigenvalue weighted by Crippen LogP contribution is -2.47. The predicted octanol–water partition coefficient (Wildman–Crippen LogP) is 31.6. The minimum Gasteiger partial charge on any atom is -0.316 e. The number of rotatable bonds is 20. The average Bonchev–Trinajstić information content (AvgIpc) is 1.66. The highest BCUT2D eigenvalue weighted by Gasteiger charge is 2.39. The van der Waals surface area contributed by atoms with E-state index in [4.69, 9.17) is 0 Å². The van der Waals surface area contributed by atoms with Crippen LogP contribution in [0.15, 0.2) is 170 Å². The van der Waals surface area contributed by atoms with Crippen molar-refractivity contribution < 1.29 is 4.48 Å². The normalized spacial score (nSPS) is 14.0. The molecule has 0 bridgehead atoms. The molecule has 566 valence electrons. The molecule has 0 amide bonds. The second-order valence-electron chi connectivity index (χ2n) is 41.4. The van der Waals surface area contributed by atoms with Gasteiger partial charge in [0.2, 0.25) is 0 Å². The van der Waals surface area contributed by atoms with Crippen molar-refractivity contribution >= 4 is 21.5 Å². The molecule has 0 saturated carbocycles. The van der Waals surface area contributed by atoms with Crippen LogP contribution in [0, 0.1) is 0 Å². The van der Waals surface area contributed by atoms with E-state index in [2.05, 4.69) is 350 Å². The van der Waals surface area contributed by atoms with Crippen LogP contribution in [-0.4, -0.2) is 17.6 Å². The third kappa shape index (κ3) is 18.6. The van der Waals surface area contributed by atoms with Crippen molar-refractivity contribution in [2.45, 2.75) is 313 Å². The Hall–Kier alpha value is -7.32. The molecule has 0 aliphatic carbocycles. The molecule has 0 aromatic heterocycles. The molecule has 0 radical (unpaired) electrons. The molecular formula is C106H138N+. The number of benzene rings is 10. The lowest BCUT2D eigenvalue weighted by atomic mass is 9.77. The average molecular weight is 1430 g/mol. The quantitative estimate of drug-likeness (QED) is 0.0527. The monoisotopic (exact) mass is 1430 g/mol. The van der Waals surface area contributed by atoms with Crippen LogP contribution in [0.5, 0.6) is 0 Å². The zero-order valence-corrected chi connectivity index (χ0v) is 71.9. The summed E-state index contributed by atoms with van der Waals surface area (Å²) in [4.78, 5) is 0. The van der Waals surface area contributed by atoms with Crippen molar-refractivity contribution in [2.75, 3.05) is 13.1 Å². The van der Waals surface area contributed by atoms with Crippen LogP contribution in [-0.2, 0) is 56.4 Å². The third-order valence-corrected chi connectivity index (χ3v) is 24.0. The Labute approximate surface area is 651 Å². The summed E-state index contributed by atoms with van der Waals surface area (Å²) in [5, 5.41) is 5.28. The molecule has 1 nitrogen and oxygen atoms in total. The largest absolute Gasteiger partial charge is 0.316 e. The van der Waals surface area contributed by atoms with Crippen LogP contribution >= 0.6 is 0 Å². The van der Waals surface area contributed by atoms with Crippen LogP contribution < -0.4 is 0 Å². The van der Waals surface area contributed by atoms with Crippen LogP contribution in [0.4, 0.5) is 0 Å². The van der Waals surface area contributed by atoms with Crippen molar-refractivity contribution in [1.29, 1.82) is 0 Å². The lowest BCUT2D eigenvalue weighted by molar-refractivity contribution is -0.953. The van der Waals surface area contributed by atoms with E-state index in [1.165, 1.54) is 232 Å². The Balaban J connectivity index is 1.32. The van der Waals surface area contributed by atoms with E-state index in [-0.39, 0.29) is 43.3 Å². The van der Waals surface area contributed by atoms with Gasteiger partial charge in [0.1, 0.15) is 13.1 Å². The summed E-state index contributed by atoms with van der Waals surface area (Å²) in [6.45, 7) is 66.3. The molecule has 0 atom stereocenters. The van der Waals surface area contributed by atoms with Crippen molar-refractivity contribution in [3.63, 3.8) is 0 Å². The molecule has 1 aliphatic heterocycles. The van der Waals surface area contributed by atoms with Gasteiger partial charge in [-0.3, -0.25) is 0 Å². The van der Waals surface area contributed by atoms with Crippen LogP contribution in [0.2, 0.25) is 0 Å². The molecule has 0 spiro atoms. The first-order valence-electron chi connectivity index (χ1n) is 41.8. The topological polar surface area (TPSA) is 0 Å². The van der Waals surface area contributed by atoms with Gasteiger partial charge >= 0.3 is 0 Å². The van der Waals surface area contributed by atoms with Crippen LogP contribution in [0.3, 0.4) is 0 Å². The molecule has 10 aromatic carbocycles. The van der Waals surface area contributed by atoms with Gasteiger partial charge in [-0.15, -0.1) is 0 Å². The van der Waals surface area contributed by atoms with E-state index in [0.29, 0.717) is 0 Å². The summed E-state index contributed by atoms with van der Waals surface area (Å²) in [5.41, 5.74) is 32.0. The molecule has 1 heterocycles. The zero-order valence-electron chi connectivity index (χ0n) is 71.9. The van der Waals surface area contributed by atoms with Gasteiger partial charge in [-0.25, -0.2) is 0 Å². The third-order valence-electron chi connectivity index (χ3n) is 24.0. The fraction of sp³-hybridized carbons (Fsp3) is 0.472. The molecule has 11 rings (SSSR count). The highest BCUT2D eigenvalue weighted by Crippen LogP contribution is 2.53. The minimum atomic E-state index is -0.0554. The summed E-state index contributed by atoms with van der Waals surface area (Å²) < 4.78 is 1.01. The van der Waals surface area contributed by atoms with Gasteiger partial charge in [-0.2, -0.15) is 0 Å². The van der Waals surface area contributed by atoms with Gasteiger partial charge in [0.25, 0.3) is 0 Å². The lowest BCUT2D eigenvalue weighted by Gasteiger charge is -2.39. The van der Waals surface area contributed by atoms with E-state index in [0.717, 1.165) is 30.7 Å². The van der Waals surface area contributed by atoms with Gasteiger partial charge in [-0.05, 0) is 250 Å². The Morgan fingerprint density at radius 1 is 0.234 bits per heavy atom. The van der Waals surface area contributed by atoms with Gasteiger partial charge in [0.05, 0.1) is 13.1 Å². The Morgan fingerprint density at radius 3 is 0.692 bits per heavy atom. The number of quaternary nitrogens is 1. The predicted molar refractivity (Wildman–Crippen MR) is 473 cm³/mol. The molecule has 0 unspecified atom stereocenters. The Kier molecular flexibility index (Phi) is 23.3. The van der Waals surface area contributed by atoms with Gasteiger partial charge in [-0.1, -0.05) is 353 Å². The van der Waals surface area contributed by atoms with E-state index >= 15 is 0 Å². The maximum Gasteiger partial charge on any atom is 0.106 e. The first kappa shape index (κ1) is 80.7. The van der Waals surface area contributed by atoms with Crippen molar-refractivity contribution in [2.24, 2.45) is 0 Å². The summed E-state index contributed by atoms with van der Waals surface area (Å²) in [6, 6.07) is 70.4. The van der Waals surface area contributed by atoms with Crippen molar-refractivity contribution in [1.82, 2.24) is 0 Å². The first-order chi connectivity index (χ1) is 49.9. The molecule has 107 heavy (non-hydrogen) atoms. The highest BCUT2D eigenvalue weighted by atomic mass is 15.4. The summed E-state index contributed by atoms with van der Waals surface area (Å²) in [7, 11) is 0. The molecule has 0 N–H and O–H groups in total. The van der Waals surface area contributed by atoms with E-state index in [9.17, 15) is 0 Å². The molecule has 1 aliphatic rings. The van der Waals surface area contributed by atoms with Gasteiger partial charge in [0, 0.05) is 22.3 Å². The second kappa shape index (κ2) is 30.9. The van der Waals surface area contributed by atoms with E-state index in [1.807, 2.05) is 0 Å². The first-order valence-corrected chi connectivity index (χ1v) is 41.8. The zero-order chi connectivity index (χ0) is 77.8. The number of hydrogen-bond acceptors (Lipinski definition) is 0. The number of unbranched alkanes of at least 4 members (excludes halogenated alkanes) is 10. The highest BCUT2D eigenvalue weighted by molar-refractivity contribution is 6.12. The SMILES string of the molecule is CCCCCCCC[N+]1(CCCCCCCC)Cc2c(-c3cc(-c4cc(C(C)(C)C)cc(C(C)(C)C)c4)cc(-c4cc(C(C)(C)C)cc(C(C)(C)C)c4)c3)cc3ccccc3c2-c2c(c(-c3cc(-c4cc(C(C)(C)C)cc(C(C)(C)C)c4)cc(-c4cc(C(C)(C)C)cc(C(C)(C)C)c4)c3)cc3ccccc23)C1. The van der Waals surface area contributed by atoms with Crippen LogP contribution in [0.25, 0.3) is 99.4 Å². The van der Waals surface area contributed by atoms with Crippen LogP contribution in [0.1, 0.15) is 313 Å². The van der Waals surface area contributed by atoms with Crippen molar-refractivity contribution in [3.8, 4) is 77.9 Å². The summed E-state index contributed by atoms with van der Waals surface area (Å²) >= 11 is 0. The molecule has 1 heteroatoms. The second-order valence-corrected chi connectivity index (χ2v) is 41.4. The standard InChI is InChI=1S/C106H138N/c1-27-29-31-33-35-41-47-107(48-42-36-34-32-30-28-2)69-95-93(81-51-73(77-55-83(99(3,4)5)65-84(56-77)100(6,7)8)49-74(52-81)78-57-85(101(9,10)11)66-86(58-78)102(12,13)14)63-71-43-37-39-45-91(71)97(95)98-92-46-40-38-44-72(92)64-94(96(98)70-107)82-53-75(79-59-87(103(15,16)17)67-88(60-79)104(18,19)20)50-76(54-82)80-61-89(105(21,22)23)68-90(62-80)106(24,25)26/h37-40,43-46,49-68H,27-36,41-42,47-48,69-70H2,1-26H3/q+1. The Morgan fingerprint density at radius 2 is 0.449 bits per heavy atom. The smallest absolute Gasteiger partial charge is 0.106 e. The van der Waals surface area contributed by atoms with Crippen molar-refractivity contribution in [3.05, 3.63) is 225 Å². The summed E-state index contributed by atoms with van der Waals surface area (Å²) in [5.74, 6) is 0. The number of hydrogen-bond donors (Lipinski definition) is 0. The van der Waals surface area contributed by atoms with Gasteiger partial charge < -0.3 is 4.48 Å². The van der Waals surface area contributed by atoms with E-state index < -0.39 is 0 Å². The fourth-order valence-corrected chi connectivity index (χ4v) is 16.7. The molecule has 0 fully saturated rings. The maximum atomic E-state index is 2.65. The number of fused-ring (bicyclic) bond motifs is 7.